The first kappa shape index (κ1) is 19.5. The molecule has 1 aromatic carbocycles. The molecule has 0 bridgehead atoms. The summed E-state index contributed by atoms with van der Waals surface area (Å²) in [7, 11) is 0. The number of guanidine groups is 1. The van der Waals surface area contributed by atoms with Crippen molar-refractivity contribution in [2.24, 2.45) is 10.9 Å². The van der Waals surface area contributed by atoms with Crippen LogP contribution in [0.5, 0.6) is 0 Å². The van der Waals surface area contributed by atoms with Crippen LogP contribution in [0, 0.1) is 5.92 Å². The predicted molar refractivity (Wildman–Crippen MR) is 112 cm³/mol. The Labute approximate surface area is 165 Å². The van der Waals surface area contributed by atoms with E-state index in [9.17, 15) is 5.11 Å². The molecule has 1 saturated carbocycles. The third-order valence-corrected chi connectivity index (χ3v) is 5.84. The Balaban J connectivity index is 1.51. The van der Waals surface area contributed by atoms with E-state index in [1.54, 1.807) is 0 Å². The number of hydrogen-bond acceptors (Lipinski definition) is 3. The van der Waals surface area contributed by atoms with E-state index in [1.807, 2.05) is 0 Å². The molecular weight excluding hydrogens is 392 g/mol. The molecule has 1 saturated heterocycles. The van der Waals surface area contributed by atoms with Crippen molar-refractivity contribution < 1.29 is 5.11 Å². The number of nitrogens with one attached hydrogen (secondary N) is 2. The van der Waals surface area contributed by atoms with E-state index >= 15 is 0 Å². The second-order valence-corrected chi connectivity index (χ2v) is 8.37. The van der Waals surface area contributed by atoms with Gasteiger partial charge in [0, 0.05) is 42.4 Å². The van der Waals surface area contributed by atoms with Gasteiger partial charge in [0.25, 0.3) is 0 Å². The molecule has 6 heteroatoms. The van der Waals surface area contributed by atoms with Gasteiger partial charge in [-0.2, -0.15) is 0 Å². The van der Waals surface area contributed by atoms with E-state index in [-0.39, 0.29) is 6.10 Å². The van der Waals surface area contributed by atoms with Crippen molar-refractivity contribution >= 4 is 27.6 Å². The van der Waals surface area contributed by atoms with Crippen molar-refractivity contribution in [2.45, 2.75) is 51.2 Å². The van der Waals surface area contributed by atoms with Crippen LogP contribution < -0.4 is 15.5 Å². The average Bonchev–Trinajstić information content (AvgIpc) is 3.11. The zero-order chi connectivity index (χ0) is 18.4. The third kappa shape index (κ3) is 5.61. The maximum Gasteiger partial charge on any atom is 0.191 e. The van der Waals surface area contributed by atoms with Gasteiger partial charge in [-0.1, -0.05) is 22.0 Å². The highest BCUT2D eigenvalue weighted by atomic mass is 79.9. The van der Waals surface area contributed by atoms with Gasteiger partial charge in [-0.25, -0.2) is 0 Å². The molecule has 2 aliphatic rings. The summed E-state index contributed by atoms with van der Waals surface area (Å²) in [5.41, 5.74) is 1.29. The molecule has 0 aromatic heterocycles. The Kier molecular flexibility index (Phi) is 7.20. The van der Waals surface area contributed by atoms with Crippen LogP contribution >= 0.6 is 15.9 Å². The third-order valence-electron chi connectivity index (χ3n) is 5.35. The smallest absolute Gasteiger partial charge is 0.191 e. The van der Waals surface area contributed by atoms with Crippen molar-refractivity contribution in [3.63, 3.8) is 0 Å². The quantitative estimate of drug-likeness (QED) is 0.503. The molecule has 5 nitrogen and oxygen atoms in total. The fraction of sp³-hybridized carbons (Fsp3) is 0.650. The summed E-state index contributed by atoms with van der Waals surface area (Å²) in [6, 6.07) is 8.96. The molecule has 1 aliphatic carbocycles. The number of aliphatic imine (C=N–C) groups is 1. The molecular formula is C20H31BrN4O. The van der Waals surface area contributed by atoms with E-state index in [1.165, 1.54) is 12.1 Å². The van der Waals surface area contributed by atoms with Crippen LogP contribution in [0.25, 0.3) is 0 Å². The number of rotatable bonds is 5. The van der Waals surface area contributed by atoms with Crippen LogP contribution in [0.3, 0.4) is 0 Å². The number of aliphatic hydroxyl groups excluding tert-OH is 1. The summed E-state index contributed by atoms with van der Waals surface area (Å²) in [6.45, 7) is 5.99. The molecule has 0 amide bonds. The minimum absolute atomic E-state index is 0.116. The lowest BCUT2D eigenvalue weighted by Gasteiger charge is -2.27. The minimum atomic E-state index is -0.116. The molecule has 1 unspecified atom stereocenters. The second-order valence-electron chi connectivity index (χ2n) is 7.45. The largest absolute Gasteiger partial charge is 0.393 e. The van der Waals surface area contributed by atoms with Crippen LogP contribution in [-0.2, 0) is 0 Å². The van der Waals surface area contributed by atoms with E-state index in [0.29, 0.717) is 12.0 Å². The lowest BCUT2D eigenvalue weighted by Crippen LogP contribution is -2.45. The van der Waals surface area contributed by atoms with E-state index in [0.717, 1.165) is 62.3 Å². The molecule has 144 valence electrons. The highest BCUT2D eigenvalue weighted by Crippen LogP contribution is 2.26. The summed E-state index contributed by atoms with van der Waals surface area (Å²) >= 11 is 3.56. The van der Waals surface area contributed by atoms with Gasteiger partial charge in [-0.05, 0) is 63.1 Å². The van der Waals surface area contributed by atoms with E-state index in [4.69, 9.17) is 4.99 Å². The highest BCUT2D eigenvalue weighted by molar-refractivity contribution is 9.10. The van der Waals surface area contributed by atoms with Crippen LogP contribution in [0.15, 0.2) is 33.7 Å². The van der Waals surface area contributed by atoms with Gasteiger partial charge in [-0.3, -0.25) is 4.99 Å². The molecule has 3 N–H and O–H groups in total. The maximum absolute atomic E-state index is 9.67. The molecule has 2 fully saturated rings. The van der Waals surface area contributed by atoms with Gasteiger partial charge in [0.1, 0.15) is 0 Å². The number of hydrogen-bond donors (Lipinski definition) is 3. The molecule has 26 heavy (non-hydrogen) atoms. The fourth-order valence-electron chi connectivity index (χ4n) is 3.84. The lowest BCUT2D eigenvalue weighted by molar-refractivity contribution is 0.120. The van der Waals surface area contributed by atoms with Crippen LogP contribution in [0.1, 0.15) is 39.0 Å². The Morgan fingerprint density at radius 1 is 1.27 bits per heavy atom. The van der Waals surface area contributed by atoms with Gasteiger partial charge in [-0.15, -0.1) is 0 Å². The number of anilines is 1. The van der Waals surface area contributed by atoms with Crippen molar-refractivity contribution in [1.82, 2.24) is 10.6 Å². The van der Waals surface area contributed by atoms with E-state index < -0.39 is 0 Å². The number of aliphatic hydroxyl groups is 1. The topological polar surface area (TPSA) is 59.9 Å². The monoisotopic (exact) mass is 422 g/mol. The first-order valence-electron chi connectivity index (χ1n) is 9.87. The van der Waals surface area contributed by atoms with Crippen molar-refractivity contribution in [3.05, 3.63) is 28.7 Å². The molecule has 0 spiro atoms. The Morgan fingerprint density at radius 2 is 2.08 bits per heavy atom. The molecule has 1 atom stereocenters. The zero-order valence-corrected chi connectivity index (χ0v) is 17.2. The summed E-state index contributed by atoms with van der Waals surface area (Å²) in [5, 5.41) is 16.6. The SMILES string of the molecule is CCNC(=NCC1CCN(c2cccc(Br)c2)C1)NC1CCC(O)CC1. The predicted octanol–water partition coefficient (Wildman–Crippen LogP) is 3.13. The molecule has 1 aliphatic heterocycles. The molecule has 3 rings (SSSR count). The van der Waals surface area contributed by atoms with Crippen LogP contribution in [0.2, 0.25) is 0 Å². The number of benzene rings is 1. The maximum atomic E-state index is 9.67. The van der Waals surface area contributed by atoms with Gasteiger partial charge in [0.15, 0.2) is 5.96 Å². The normalized spacial score (nSPS) is 26.8. The van der Waals surface area contributed by atoms with Crippen molar-refractivity contribution in [1.29, 1.82) is 0 Å². The second kappa shape index (κ2) is 9.60. The summed E-state index contributed by atoms with van der Waals surface area (Å²) in [6.07, 6.45) is 4.89. The molecule has 0 radical (unpaired) electrons. The van der Waals surface area contributed by atoms with E-state index in [2.05, 4.69) is 62.7 Å². The summed E-state index contributed by atoms with van der Waals surface area (Å²) in [4.78, 5) is 7.30. The first-order chi connectivity index (χ1) is 12.6. The number of nitrogens with zero attached hydrogens (tertiary/aromatic N) is 2. The molecule has 1 heterocycles. The van der Waals surface area contributed by atoms with Crippen molar-refractivity contribution in [3.8, 4) is 0 Å². The fourth-order valence-corrected chi connectivity index (χ4v) is 4.23. The minimum Gasteiger partial charge on any atom is -0.393 e. The van der Waals surface area contributed by atoms with Gasteiger partial charge in [0.2, 0.25) is 0 Å². The van der Waals surface area contributed by atoms with Gasteiger partial charge < -0.3 is 20.6 Å². The highest BCUT2D eigenvalue weighted by Gasteiger charge is 2.23. The van der Waals surface area contributed by atoms with Gasteiger partial charge in [0.05, 0.1) is 6.10 Å². The lowest BCUT2D eigenvalue weighted by atomic mass is 9.93. The molecule has 1 aromatic rings. The zero-order valence-electron chi connectivity index (χ0n) is 15.6. The first-order valence-corrected chi connectivity index (χ1v) is 10.7. The van der Waals surface area contributed by atoms with Crippen molar-refractivity contribution in [2.75, 3.05) is 31.1 Å². The van der Waals surface area contributed by atoms with Crippen LogP contribution in [-0.4, -0.2) is 49.4 Å². The Hall–Kier alpha value is -1.27. The standard InChI is InChI=1S/C20H31BrN4O/c1-2-22-20(24-17-6-8-19(26)9-7-17)23-13-15-10-11-25(14-15)18-5-3-4-16(21)12-18/h3-5,12,15,17,19,26H,2,6-11,13-14H2,1H3,(H2,22,23,24). The Bertz CT molecular complexity index is 601. The van der Waals surface area contributed by atoms with Crippen LogP contribution in [0.4, 0.5) is 5.69 Å². The average molecular weight is 423 g/mol. The summed E-state index contributed by atoms with van der Waals surface area (Å²) < 4.78 is 1.13. The Morgan fingerprint density at radius 3 is 2.81 bits per heavy atom. The van der Waals surface area contributed by atoms with Gasteiger partial charge >= 0.3 is 0 Å². The number of halogens is 1. The summed E-state index contributed by atoms with van der Waals surface area (Å²) in [5.74, 6) is 1.52.